The normalized spacial score (nSPS) is 43.0. The first kappa shape index (κ1) is 8.52. The summed E-state index contributed by atoms with van der Waals surface area (Å²) in [5.74, 6) is 1.61. The summed E-state index contributed by atoms with van der Waals surface area (Å²) in [4.78, 5) is 0. The van der Waals surface area contributed by atoms with Crippen LogP contribution in [-0.2, 0) is 9.84 Å². The van der Waals surface area contributed by atoms with Crippen LogP contribution in [0.4, 0.5) is 0 Å². The van der Waals surface area contributed by atoms with Gasteiger partial charge in [0.15, 0.2) is 6.29 Å². The minimum Gasteiger partial charge on any atom is -0.346 e. The quantitative estimate of drug-likeness (QED) is 0.583. The highest BCUT2D eigenvalue weighted by Crippen LogP contribution is 2.45. The molecule has 2 saturated carbocycles. The van der Waals surface area contributed by atoms with Crippen molar-refractivity contribution >= 4 is 0 Å². The van der Waals surface area contributed by atoms with E-state index in [1.54, 1.807) is 6.92 Å². The van der Waals surface area contributed by atoms with Crippen molar-refractivity contribution in [2.24, 2.45) is 11.8 Å². The van der Waals surface area contributed by atoms with Gasteiger partial charge in [0.1, 0.15) is 0 Å². The van der Waals surface area contributed by atoms with Crippen molar-refractivity contribution in [3.63, 3.8) is 0 Å². The van der Waals surface area contributed by atoms with Crippen LogP contribution in [0, 0.1) is 11.8 Å². The van der Waals surface area contributed by atoms with Crippen molar-refractivity contribution in [2.45, 2.75) is 51.4 Å². The lowest BCUT2D eigenvalue weighted by Crippen LogP contribution is -2.23. The molecule has 2 nitrogen and oxygen atoms in total. The molecule has 0 aromatic rings. The average Bonchev–Trinajstić information content (AvgIpc) is 2.52. The van der Waals surface area contributed by atoms with E-state index in [4.69, 9.17) is 4.74 Å². The summed E-state index contributed by atoms with van der Waals surface area (Å²) >= 11 is 0. The summed E-state index contributed by atoms with van der Waals surface area (Å²) in [5.41, 5.74) is 0. The number of fused-ring (bicyclic) bond motifs is 1. The molecule has 0 amide bonds. The molecule has 0 saturated heterocycles. The maximum atomic E-state index is 10.8. The molecule has 12 heavy (non-hydrogen) atoms. The van der Waals surface area contributed by atoms with Gasteiger partial charge >= 0.3 is 0 Å². The van der Waals surface area contributed by atoms with Gasteiger partial charge < -0.3 is 4.74 Å². The lowest BCUT2D eigenvalue weighted by atomic mass is 9.99. The van der Waals surface area contributed by atoms with Crippen LogP contribution >= 0.6 is 0 Å². The molecule has 0 N–H and O–H groups in total. The van der Waals surface area contributed by atoms with Gasteiger partial charge in [0, 0.05) is 0 Å². The molecular weight excluding hydrogens is 152 g/mol. The first-order valence-corrected chi connectivity index (χ1v) is 5.08. The molecule has 0 heterocycles. The standard InChI is InChI=1S/C10H17O2/c1-7(11)12-10-6-5-8-3-2-4-9(8)10/h7-10H,2-6H2,1H3. The van der Waals surface area contributed by atoms with E-state index >= 15 is 0 Å². The van der Waals surface area contributed by atoms with Gasteiger partial charge in [0.05, 0.1) is 6.10 Å². The molecule has 0 aromatic carbocycles. The van der Waals surface area contributed by atoms with Crippen LogP contribution in [0.2, 0.25) is 0 Å². The van der Waals surface area contributed by atoms with Crippen molar-refractivity contribution < 1.29 is 9.84 Å². The molecular formula is C10H17O2. The number of ether oxygens (including phenoxy) is 1. The number of hydrogen-bond acceptors (Lipinski definition) is 1. The van der Waals surface area contributed by atoms with Crippen LogP contribution in [0.25, 0.3) is 0 Å². The Hall–Kier alpha value is -0.0800. The largest absolute Gasteiger partial charge is 0.346 e. The van der Waals surface area contributed by atoms with Gasteiger partial charge in [-0.3, -0.25) is 0 Å². The van der Waals surface area contributed by atoms with Gasteiger partial charge in [-0.15, -0.1) is 0 Å². The number of hydrogen-bond donors (Lipinski definition) is 0. The van der Waals surface area contributed by atoms with Crippen LogP contribution in [-0.4, -0.2) is 12.4 Å². The lowest BCUT2D eigenvalue weighted by Gasteiger charge is -2.19. The smallest absolute Gasteiger partial charge is 0.188 e. The lowest BCUT2D eigenvalue weighted by molar-refractivity contribution is -0.167. The summed E-state index contributed by atoms with van der Waals surface area (Å²) in [5, 5.41) is 10.8. The van der Waals surface area contributed by atoms with Crippen LogP contribution < -0.4 is 0 Å². The fraction of sp³-hybridized carbons (Fsp3) is 1.00. The van der Waals surface area contributed by atoms with E-state index in [1.165, 1.54) is 25.7 Å². The van der Waals surface area contributed by atoms with Crippen LogP contribution in [0.5, 0.6) is 0 Å². The molecule has 4 atom stereocenters. The Labute approximate surface area is 73.9 Å². The Bertz CT molecular complexity index is 156. The van der Waals surface area contributed by atoms with Gasteiger partial charge in [-0.2, -0.15) is 0 Å². The Kier molecular flexibility index (Phi) is 2.37. The van der Waals surface area contributed by atoms with Crippen molar-refractivity contribution in [2.75, 3.05) is 0 Å². The van der Waals surface area contributed by atoms with Crippen LogP contribution in [0.15, 0.2) is 0 Å². The second kappa shape index (κ2) is 3.35. The number of rotatable bonds is 2. The second-order valence-corrected chi connectivity index (χ2v) is 4.17. The highest BCUT2D eigenvalue weighted by Gasteiger charge is 2.40. The second-order valence-electron chi connectivity index (χ2n) is 4.17. The summed E-state index contributed by atoms with van der Waals surface area (Å²) in [6.07, 6.45) is 5.91. The average molecular weight is 169 g/mol. The zero-order chi connectivity index (χ0) is 8.55. The highest BCUT2D eigenvalue weighted by molar-refractivity contribution is 4.90. The first-order chi connectivity index (χ1) is 5.77. The van der Waals surface area contributed by atoms with Crippen molar-refractivity contribution in [1.82, 2.24) is 0 Å². The van der Waals surface area contributed by atoms with Gasteiger partial charge in [-0.05, 0) is 38.0 Å². The molecule has 4 unspecified atom stereocenters. The highest BCUT2D eigenvalue weighted by atomic mass is 16.6. The molecule has 2 aliphatic carbocycles. The Balaban J connectivity index is 1.91. The third-order valence-corrected chi connectivity index (χ3v) is 3.38. The molecule has 2 heteroatoms. The van der Waals surface area contributed by atoms with Gasteiger partial charge in [-0.1, -0.05) is 12.8 Å². The van der Waals surface area contributed by atoms with Gasteiger partial charge in [-0.25, -0.2) is 5.11 Å². The third kappa shape index (κ3) is 1.50. The molecule has 0 aromatic heterocycles. The third-order valence-electron chi connectivity index (χ3n) is 3.38. The minimum atomic E-state index is -0.825. The maximum Gasteiger partial charge on any atom is 0.188 e. The summed E-state index contributed by atoms with van der Waals surface area (Å²) in [6, 6.07) is 0. The maximum absolute atomic E-state index is 10.8. The van der Waals surface area contributed by atoms with Crippen molar-refractivity contribution in [1.29, 1.82) is 0 Å². The van der Waals surface area contributed by atoms with Gasteiger partial charge in [0.25, 0.3) is 0 Å². The van der Waals surface area contributed by atoms with Gasteiger partial charge in [0.2, 0.25) is 0 Å². The molecule has 0 spiro atoms. The topological polar surface area (TPSA) is 29.1 Å². The van der Waals surface area contributed by atoms with Crippen LogP contribution in [0.3, 0.4) is 0 Å². The molecule has 0 aliphatic heterocycles. The zero-order valence-corrected chi connectivity index (χ0v) is 7.66. The fourth-order valence-corrected chi connectivity index (χ4v) is 2.92. The Morgan fingerprint density at radius 2 is 2.08 bits per heavy atom. The Morgan fingerprint density at radius 3 is 2.83 bits per heavy atom. The fourth-order valence-electron chi connectivity index (χ4n) is 2.92. The van der Waals surface area contributed by atoms with E-state index in [-0.39, 0.29) is 0 Å². The van der Waals surface area contributed by atoms with Crippen LogP contribution in [0.1, 0.15) is 39.0 Å². The predicted molar refractivity (Wildman–Crippen MR) is 45.1 cm³/mol. The molecule has 0 bridgehead atoms. The van der Waals surface area contributed by atoms with E-state index in [0.29, 0.717) is 6.10 Å². The minimum absolute atomic E-state index is 0.296. The monoisotopic (exact) mass is 169 g/mol. The van der Waals surface area contributed by atoms with E-state index in [0.717, 1.165) is 18.3 Å². The zero-order valence-electron chi connectivity index (χ0n) is 7.66. The molecule has 1 radical (unpaired) electrons. The van der Waals surface area contributed by atoms with Crippen molar-refractivity contribution in [3.05, 3.63) is 0 Å². The van der Waals surface area contributed by atoms with E-state index in [1.807, 2.05) is 0 Å². The summed E-state index contributed by atoms with van der Waals surface area (Å²) in [7, 11) is 0. The molecule has 69 valence electrons. The molecule has 2 aliphatic rings. The Morgan fingerprint density at radius 1 is 1.25 bits per heavy atom. The summed E-state index contributed by atoms with van der Waals surface area (Å²) in [6.45, 7) is 1.60. The SMILES string of the molecule is CC([O])OC1CCC2CCCC21. The van der Waals surface area contributed by atoms with E-state index in [9.17, 15) is 5.11 Å². The molecule has 2 fully saturated rings. The van der Waals surface area contributed by atoms with Crippen molar-refractivity contribution in [3.8, 4) is 0 Å². The summed E-state index contributed by atoms with van der Waals surface area (Å²) < 4.78 is 5.37. The van der Waals surface area contributed by atoms with E-state index in [2.05, 4.69) is 0 Å². The predicted octanol–water partition coefficient (Wildman–Crippen LogP) is 2.36. The first-order valence-electron chi connectivity index (χ1n) is 5.08. The molecule has 2 rings (SSSR count). The van der Waals surface area contributed by atoms with E-state index < -0.39 is 6.29 Å².